The van der Waals surface area contributed by atoms with E-state index in [9.17, 15) is 0 Å². The van der Waals surface area contributed by atoms with Crippen LogP contribution in [0, 0.1) is 11.8 Å². The summed E-state index contributed by atoms with van der Waals surface area (Å²) in [5.74, 6) is 0. The molecular formula is C5H8Br. The number of hydrogen-bond acceptors (Lipinski definition) is 0. The van der Waals surface area contributed by atoms with Gasteiger partial charge in [-0.25, -0.2) is 0 Å². The summed E-state index contributed by atoms with van der Waals surface area (Å²) in [6.07, 6.45) is 3.62. The molecule has 0 aromatic rings. The highest BCUT2D eigenvalue weighted by atomic mass is 79.9. The van der Waals surface area contributed by atoms with Crippen LogP contribution in [0.3, 0.4) is 0 Å². The third-order valence-electron chi connectivity index (χ3n) is 1.21. The van der Waals surface area contributed by atoms with E-state index in [1.165, 1.54) is 6.42 Å². The van der Waals surface area contributed by atoms with Gasteiger partial charge in [-0.05, 0) is 18.3 Å². The second kappa shape index (κ2) is 1.22. The highest BCUT2D eigenvalue weighted by molar-refractivity contribution is 9.09. The van der Waals surface area contributed by atoms with Crippen LogP contribution in [0.1, 0.15) is 13.3 Å². The Hall–Kier alpha value is 0.480. The molecule has 1 atom stereocenters. The van der Waals surface area contributed by atoms with Gasteiger partial charge in [-0.1, -0.05) is 22.9 Å². The van der Waals surface area contributed by atoms with Crippen LogP contribution in [-0.2, 0) is 0 Å². The van der Waals surface area contributed by atoms with Gasteiger partial charge < -0.3 is 0 Å². The minimum absolute atomic E-state index is 0.583. The first kappa shape index (κ1) is 4.63. The third-order valence-corrected chi connectivity index (χ3v) is 2.49. The molecule has 0 amide bonds. The van der Waals surface area contributed by atoms with Crippen LogP contribution in [0.2, 0.25) is 0 Å². The van der Waals surface area contributed by atoms with E-state index in [1.807, 2.05) is 0 Å². The van der Waals surface area contributed by atoms with Crippen LogP contribution >= 0.6 is 15.9 Å². The van der Waals surface area contributed by atoms with E-state index in [2.05, 4.69) is 29.3 Å². The van der Waals surface area contributed by atoms with E-state index in [4.69, 9.17) is 0 Å². The number of hydrogen-bond donors (Lipinski definition) is 0. The summed E-state index contributed by atoms with van der Waals surface area (Å²) in [7, 11) is 0. The molecule has 1 rings (SSSR count). The Morgan fingerprint density at radius 3 is 2.50 bits per heavy atom. The maximum absolute atomic E-state index is 3.40. The Morgan fingerprint density at radius 2 is 2.50 bits per heavy atom. The lowest BCUT2D eigenvalue weighted by atomic mass is 10.2. The zero-order valence-corrected chi connectivity index (χ0v) is 5.46. The van der Waals surface area contributed by atoms with Crippen molar-refractivity contribution in [1.82, 2.24) is 0 Å². The monoisotopic (exact) mass is 147 g/mol. The Balaban J connectivity index is 2.28. The van der Waals surface area contributed by atoms with E-state index in [0.29, 0.717) is 5.41 Å². The van der Waals surface area contributed by atoms with Crippen molar-refractivity contribution in [2.24, 2.45) is 5.41 Å². The quantitative estimate of drug-likeness (QED) is 0.499. The molecule has 6 heavy (non-hydrogen) atoms. The Bertz CT molecular complexity index is 55.0. The fraction of sp³-hybridized carbons (Fsp3) is 0.800. The molecule has 1 heteroatoms. The fourth-order valence-electron chi connectivity index (χ4n) is 0.283. The predicted octanol–water partition coefficient (Wildman–Crippen LogP) is 2.00. The average Bonchev–Trinajstić information content (AvgIpc) is 2.22. The van der Waals surface area contributed by atoms with Crippen molar-refractivity contribution in [3.05, 3.63) is 6.42 Å². The lowest BCUT2D eigenvalue weighted by Gasteiger charge is -1.94. The zero-order chi connectivity index (χ0) is 4.62. The minimum atomic E-state index is 0.583. The molecule has 0 N–H and O–H groups in total. The second-order valence-electron chi connectivity index (χ2n) is 2.20. The first-order valence-corrected chi connectivity index (χ1v) is 3.29. The molecule has 0 saturated heterocycles. The molecular weight excluding hydrogens is 140 g/mol. The van der Waals surface area contributed by atoms with E-state index in [0.717, 1.165) is 5.33 Å². The zero-order valence-electron chi connectivity index (χ0n) is 3.87. The molecule has 1 unspecified atom stereocenters. The summed E-state index contributed by atoms with van der Waals surface area (Å²) in [5, 5.41) is 1.14. The van der Waals surface area contributed by atoms with Gasteiger partial charge in [0.25, 0.3) is 0 Å². The normalized spacial score (nSPS) is 27.0. The van der Waals surface area contributed by atoms with Crippen molar-refractivity contribution in [2.75, 3.05) is 5.33 Å². The van der Waals surface area contributed by atoms with Crippen molar-refractivity contribution < 1.29 is 0 Å². The largest absolute Gasteiger partial charge is 0.0922 e. The molecule has 0 bridgehead atoms. The highest BCUT2D eigenvalue weighted by Gasteiger charge is 2.35. The van der Waals surface area contributed by atoms with E-state index < -0.39 is 0 Å². The summed E-state index contributed by atoms with van der Waals surface area (Å²) in [6.45, 7) is 2.25. The molecule has 1 aliphatic carbocycles. The molecule has 0 heterocycles. The standard InChI is InChI=1S/C5H8Br/c1-5(4-6)2-3-5/h2H,3-4H2,1H3. The van der Waals surface area contributed by atoms with Gasteiger partial charge in [0, 0.05) is 5.33 Å². The van der Waals surface area contributed by atoms with Crippen molar-refractivity contribution in [2.45, 2.75) is 13.3 Å². The van der Waals surface area contributed by atoms with Crippen LogP contribution in [0.15, 0.2) is 0 Å². The van der Waals surface area contributed by atoms with Crippen LogP contribution in [-0.4, -0.2) is 5.33 Å². The maximum atomic E-state index is 3.40. The van der Waals surface area contributed by atoms with Gasteiger partial charge in [-0.3, -0.25) is 0 Å². The highest BCUT2D eigenvalue weighted by Crippen LogP contribution is 2.44. The SMILES string of the molecule is CC1(CBr)[CH]C1. The predicted molar refractivity (Wildman–Crippen MR) is 30.8 cm³/mol. The van der Waals surface area contributed by atoms with Crippen LogP contribution in [0.4, 0.5) is 0 Å². The Labute approximate surface area is 47.1 Å². The first-order valence-electron chi connectivity index (χ1n) is 2.17. The van der Waals surface area contributed by atoms with Crippen molar-refractivity contribution in [3.63, 3.8) is 0 Å². The summed E-state index contributed by atoms with van der Waals surface area (Å²) in [5.41, 5.74) is 0.583. The fourth-order valence-corrected chi connectivity index (χ4v) is 0.741. The summed E-state index contributed by atoms with van der Waals surface area (Å²) < 4.78 is 0. The van der Waals surface area contributed by atoms with E-state index in [1.54, 1.807) is 0 Å². The Kier molecular flexibility index (Phi) is 0.945. The van der Waals surface area contributed by atoms with Gasteiger partial charge in [-0.2, -0.15) is 0 Å². The average molecular weight is 148 g/mol. The number of halogens is 1. The van der Waals surface area contributed by atoms with Crippen LogP contribution in [0.25, 0.3) is 0 Å². The molecule has 0 aromatic heterocycles. The van der Waals surface area contributed by atoms with Crippen molar-refractivity contribution in [1.29, 1.82) is 0 Å². The topological polar surface area (TPSA) is 0 Å². The molecule has 1 radical (unpaired) electrons. The summed E-state index contributed by atoms with van der Waals surface area (Å²) >= 11 is 3.40. The van der Waals surface area contributed by atoms with Gasteiger partial charge in [0.05, 0.1) is 0 Å². The van der Waals surface area contributed by atoms with Crippen LogP contribution < -0.4 is 0 Å². The molecule has 0 nitrogen and oxygen atoms in total. The van der Waals surface area contributed by atoms with Gasteiger partial charge in [-0.15, -0.1) is 0 Å². The molecule has 0 spiro atoms. The van der Waals surface area contributed by atoms with Crippen molar-refractivity contribution >= 4 is 15.9 Å². The molecule has 1 fully saturated rings. The smallest absolute Gasteiger partial charge is 0.00881 e. The second-order valence-corrected chi connectivity index (χ2v) is 2.76. The molecule has 35 valence electrons. The molecule has 1 aliphatic rings. The third kappa shape index (κ3) is 0.754. The lowest BCUT2D eigenvalue weighted by molar-refractivity contribution is 0.705. The number of rotatable bonds is 1. The summed E-state index contributed by atoms with van der Waals surface area (Å²) in [4.78, 5) is 0. The first-order chi connectivity index (χ1) is 2.77. The molecule has 0 aromatic carbocycles. The van der Waals surface area contributed by atoms with Crippen LogP contribution in [0.5, 0.6) is 0 Å². The van der Waals surface area contributed by atoms with E-state index in [-0.39, 0.29) is 0 Å². The van der Waals surface area contributed by atoms with Gasteiger partial charge in [0.15, 0.2) is 0 Å². The molecule has 0 aliphatic heterocycles. The lowest BCUT2D eigenvalue weighted by Crippen LogP contribution is -1.90. The minimum Gasteiger partial charge on any atom is -0.0922 e. The summed E-state index contributed by atoms with van der Waals surface area (Å²) in [6, 6.07) is 0. The number of alkyl halides is 1. The van der Waals surface area contributed by atoms with Crippen molar-refractivity contribution in [3.8, 4) is 0 Å². The Morgan fingerprint density at radius 1 is 2.00 bits per heavy atom. The van der Waals surface area contributed by atoms with Gasteiger partial charge in [0.2, 0.25) is 0 Å². The van der Waals surface area contributed by atoms with Gasteiger partial charge >= 0.3 is 0 Å². The maximum Gasteiger partial charge on any atom is 0.00881 e. The van der Waals surface area contributed by atoms with E-state index >= 15 is 0 Å². The molecule has 1 saturated carbocycles. The van der Waals surface area contributed by atoms with Gasteiger partial charge in [0.1, 0.15) is 0 Å².